The molecule has 18 heavy (non-hydrogen) atoms. The summed E-state index contributed by atoms with van der Waals surface area (Å²) in [7, 11) is 1.57. The molecule has 0 spiro atoms. The number of nitrogens with zero attached hydrogens (tertiary/aromatic N) is 2. The van der Waals surface area contributed by atoms with Crippen molar-refractivity contribution < 1.29 is 14.6 Å². The van der Waals surface area contributed by atoms with Gasteiger partial charge in [-0.25, -0.2) is 14.8 Å². The molecule has 0 amide bonds. The van der Waals surface area contributed by atoms with Crippen LogP contribution < -0.4 is 4.74 Å². The van der Waals surface area contributed by atoms with Crippen molar-refractivity contribution in [3.05, 3.63) is 42.4 Å². The van der Waals surface area contributed by atoms with Gasteiger partial charge in [0, 0.05) is 17.3 Å². The Labute approximate surface area is 108 Å². The molecule has 0 aliphatic heterocycles. The standard InChI is InChI=1S/C12H10N2O3S/c1-17-10-3-2-5-14-11(10)18-8-4-6-13-9(7-8)12(15)16/h2-7H,1H3,(H,15,16). The number of rotatable bonds is 4. The molecule has 0 fully saturated rings. The first-order valence-corrected chi connectivity index (χ1v) is 5.88. The molecule has 5 nitrogen and oxygen atoms in total. The van der Waals surface area contributed by atoms with Gasteiger partial charge in [0.05, 0.1) is 7.11 Å². The minimum absolute atomic E-state index is 0.00916. The number of hydrogen-bond donors (Lipinski definition) is 1. The van der Waals surface area contributed by atoms with E-state index in [0.717, 1.165) is 4.90 Å². The van der Waals surface area contributed by atoms with E-state index in [1.165, 1.54) is 24.0 Å². The summed E-state index contributed by atoms with van der Waals surface area (Å²) in [5, 5.41) is 9.55. The first-order chi connectivity index (χ1) is 8.70. The molecule has 0 bridgehead atoms. The van der Waals surface area contributed by atoms with Gasteiger partial charge in [0.25, 0.3) is 0 Å². The zero-order chi connectivity index (χ0) is 13.0. The molecule has 0 saturated heterocycles. The van der Waals surface area contributed by atoms with Gasteiger partial charge in [0.2, 0.25) is 0 Å². The maximum absolute atomic E-state index is 10.8. The molecule has 0 saturated carbocycles. The maximum atomic E-state index is 10.8. The number of ether oxygens (including phenoxy) is 1. The van der Waals surface area contributed by atoms with Crippen molar-refractivity contribution in [3.63, 3.8) is 0 Å². The molecule has 2 aromatic rings. The van der Waals surface area contributed by atoms with Gasteiger partial charge >= 0.3 is 5.97 Å². The Hall–Kier alpha value is -2.08. The van der Waals surface area contributed by atoms with Crippen LogP contribution in [0.4, 0.5) is 0 Å². The third-order valence-corrected chi connectivity index (χ3v) is 3.11. The lowest BCUT2D eigenvalue weighted by molar-refractivity contribution is 0.0690. The van der Waals surface area contributed by atoms with Gasteiger partial charge in [0.1, 0.15) is 10.7 Å². The van der Waals surface area contributed by atoms with Crippen LogP contribution in [0.25, 0.3) is 0 Å². The van der Waals surface area contributed by atoms with Crippen LogP contribution in [0.2, 0.25) is 0 Å². The van der Waals surface area contributed by atoms with Crippen LogP contribution in [0.1, 0.15) is 10.5 Å². The largest absolute Gasteiger partial charge is 0.494 e. The average molecular weight is 262 g/mol. The number of carboxylic acid groups (broad SMARTS) is 1. The summed E-state index contributed by atoms with van der Waals surface area (Å²) in [5.74, 6) is -0.401. The molecule has 1 N–H and O–H groups in total. The summed E-state index contributed by atoms with van der Waals surface area (Å²) < 4.78 is 5.18. The third kappa shape index (κ3) is 2.78. The fraction of sp³-hybridized carbons (Fsp3) is 0.0833. The van der Waals surface area contributed by atoms with Crippen molar-refractivity contribution in [3.8, 4) is 5.75 Å². The van der Waals surface area contributed by atoms with E-state index in [9.17, 15) is 4.79 Å². The molecule has 92 valence electrons. The minimum Gasteiger partial charge on any atom is -0.494 e. The summed E-state index contributed by atoms with van der Waals surface area (Å²) in [6.45, 7) is 0. The Balaban J connectivity index is 2.28. The maximum Gasteiger partial charge on any atom is 0.354 e. The van der Waals surface area contributed by atoms with Crippen molar-refractivity contribution in [1.82, 2.24) is 9.97 Å². The highest BCUT2D eigenvalue weighted by Crippen LogP contribution is 2.32. The second kappa shape index (κ2) is 5.50. The molecule has 0 aliphatic rings. The topological polar surface area (TPSA) is 72.3 Å². The van der Waals surface area contributed by atoms with Crippen LogP contribution in [0, 0.1) is 0 Å². The zero-order valence-electron chi connectivity index (χ0n) is 9.53. The molecule has 0 unspecified atom stereocenters. The van der Waals surface area contributed by atoms with Gasteiger partial charge in [-0.15, -0.1) is 0 Å². The Kier molecular flexibility index (Phi) is 3.78. The van der Waals surface area contributed by atoms with Crippen molar-refractivity contribution in [2.45, 2.75) is 9.92 Å². The van der Waals surface area contributed by atoms with Crippen molar-refractivity contribution in [2.24, 2.45) is 0 Å². The number of aromatic nitrogens is 2. The number of carboxylic acids is 1. The minimum atomic E-state index is -1.05. The first-order valence-electron chi connectivity index (χ1n) is 5.07. The van der Waals surface area contributed by atoms with Crippen LogP contribution in [0.5, 0.6) is 5.75 Å². The number of pyridine rings is 2. The highest BCUT2D eigenvalue weighted by Gasteiger charge is 2.09. The average Bonchev–Trinajstić information content (AvgIpc) is 2.39. The predicted molar refractivity (Wildman–Crippen MR) is 66.1 cm³/mol. The van der Waals surface area contributed by atoms with Crippen molar-refractivity contribution in [1.29, 1.82) is 0 Å². The molecule has 6 heteroatoms. The van der Waals surface area contributed by atoms with Gasteiger partial charge in [-0.1, -0.05) is 11.8 Å². The lowest BCUT2D eigenvalue weighted by Gasteiger charge is -2.06. The summed E-state index contributed by atoms with van der Waals surface area (Å²) in [5.41, 5.74) is 0.00916. The van der Waals surface area contributed by atoms with E-state index in [-0.39, 0.29) is 5.69 Å². The highest BCUT2D eigenvalue weighted by molar-refractivity contribution is 7.99. The van der Waals surface area contributed by atoms with Gasteiger partial charge in [-0.05, 0) is 24.3 Å². The second-order valence-electron chi connectivity index (χ2n) is 3.29. The van der Waals surface area contributed by atoms with E-state index >= 15 is 0 Å². The Morgan fingerprint density at radius 2 is 2.17 bits per heavy atom. The zero-order valence-corrected chi connectivity index (χ0v) is 10.3. The summed E-state index contributed by atoms with van der Waals surface area (Å²) in [4.78, 5) is 19.5. The Morgan fingerprint density at radius 1 is 1.33 bits per heavy atom. The quantitative estimate of drug-likeness (QED) is 0.911. The molecular formula is C12H10N2O3S. The molecule has 2 heterocycles. The van der Waals surface area contributed by atoms with Crippen LogP contribution in [-0.4, -0.2) is 28.2 Å². The van der Waals surface area contributed by atoms with E-state index in [2.05, 4.69) is 9.97 Å². The SMILES string of the molecule is COc1cccnc1Sc1ccnc(C(=O)O)c1. The van der Waals surface area contributed by atoms with E-state index in [4.69, 9.17) is 9.84 Å². The molecule has 2 rings (SSSR count). The fourth-order valence-corrected chi connectivity index (χ4v) is 2.20. The molecule has 0 aromatic carbocycles. The third-order valence-electron chi connectivity index (χ3n) is 2.12. The molecule has 0 aliphatic carbocycles. The van der Waals surface area contributed by atoms with Crippen LogP contribution >= 0.6 is 11.8 Å². The van der Waals surface area contributed by atoms with Gasteiger partial charge in [-0.2, -0.15) is 0 Å². The predicted octanol–water partition coefficient (Wildman–Crippen LogP) is 2.33. The molecule has 2 aromatic heterocycles. The number of carbonyl (C=O) groups is 1. The normalized spacial score (nSPS) is 10.1. The number of methoxy groups -OCH3 is 1. The van der Waals surface area contributed by atoms with Gasteiger partial charge < -0.3 is 9.84 Å². The summed E-state index contributed by atoms with van der Waals surface area (Å²) >= 11 is 1.33. The van der Waals surface area contributed by atoms with E-state index in [0.29, 0.717) is 10.8 Å². The molecular weight excluding hydrogens is 252 g/mol. The van der Waals surface area contributed by atoms with Gasteiger partial charge in [0.15, 0.2) is 5.75 Å². The van der Waals surface area contributed by atoms with E-state index < -0.39 is 5.97 Å². The highest BCUT2D eigenvalue weighted by atomic mass is 32.2. The van der Waals surface area contributed by atoms with Crippen LogP contribution in [0.3, 0.4) is 0 Å². The lowest BCUT2D eigenvalue weighted by atomic mass is 10.3. The Bertz CT molecular complexity index is 575. The Morgan fingerprint density at radius 3 is 2.89 bits per heavy atom. The van der Waals surface area contributed by atoms with Gasteiger partial charge in [-0.3, -0.25) is 0 Å². The molecule has 0 atom stereocenters. The fourth-order valence-electron chi connectivity index (χ4n) is 1.31. The summed E-state index contributed by atoms with van der Waals surface area (Å²) in [6.07, 6.45) is 3.12. The smallest absolute Gasteiger partial charge is 0.354 e. The lowest BCUT2D eigenvalue weighted by Crippen LogP contribution is -1.99. The van der Waals surface area contributed by atoms with Crippen molar-refractivity contribution >= 4 is 17.7 Å². The summed E-state index contributed by atoms with van der Waals surface area (Å²) in [6, 6.07) is 6.80. The first kappa shape index (κ1) is 12.4. The van der Waals surface area contributed by atoms with E-state index in [1.54, 1.807) is 31.5 Å². The molecule has 0 radical (unpaired) electrons. The van der Waals surface area contributed by atoms with E-state index in [1.807, 2.05) is 0 Å². The second-order valence-corrected chi connectivity index (χ2v) is 4.36. The monoisotopic (exact) mass is 262 g/mol. The van der Waals surface area contributed by atoms with Crippen LogP contribution in [-0.2, 0) is 0 Å². The number of hydrogen-bond acceptors (Lipinski definition) is 5. The van der Waals surface area contributed by atoms with Crippen molar-refractivity contribution in [2.75, 3.05) is 7.11 Å². The number of aromatic carboxylic acids is 1. The van der Waals surface area contributed by atoms with Crippen LogP contribution in [0.15, 0.2) is 46.6 Å².